The third-order valence-electron chi connectivity index (χ3n) is 3.16. The third-order valence-corrected chi connectivity index (χ3v) is 3.36. The lowest BCUT2D eigenvalue weighted by atomic mass is 10.2. The van der Waals surface area contributed by atoms with Crippen molar-refractivity contribution in [1.29, 1.82) is 5.26 Å². The van der Waals surface area contributed by atoms with E-state index in [-0.39, 0.29) is 17.8 Å². The molecule has 0 aliphatic carbocycles. The number of nitriles is 1. The zero-order valence-electron chi connectivity index (χ0n) is 11.8. The summed E-state index contributed by atoms with van der Waals surface area (Å²) in [5, 5.41) is 14.5. The van der Waals surface area contributed by atoms with Gasteiger partial charge in [0.1, 0.15) is 6.07 Å². The molecule has 0 atom stereocenters. The van der Waals surface area contributed by atoms with Crippen LogP contribution in [0.5, 0.6) is 11.5 Å². The zero-order valence-corrected chi connectivity index (χ0v) is 12.6. The van der Waals surface area contributed by atoms with Gasteiger partial charge in [0.2, 0.25) is 6.79 Å². The van der Waals surface area contributed by atoms with Gasteiger partial charge >= 0.3 is 0 Å². The predicted molar refractivity (Wildman–Crippen MR) is 87.4 cm³/mol. The molecule has 1 amide bonds. The molecular formula is C16H11N3O3S. The van der Waals surface area contributed by atoms with E-state index >= 15 is 0 Å². The van der Waals surface area contributed by atoms with E-state index in [1.165, 1.54) is 0 Å². The van der Waals surface area contributed by atoms with Crippen molar-refractivity contribution in [2.24, 2.45) is 0 Å². The molecule has 0 spiro atoms. The van der Waals surface area contributed by atoms with Crippen molar-refractivity contribution in [3.05, 3.63) is 53.6 Å². The van der Waals surface area contributed by atoms with Gasteiger partial charge in [-0.15, -0.1) is 0 Å². The normalized spacial score (nSPS) is 11.4. The number of rotatable bonds is 2. The molecule has 6 nitrogen and oxygen atoms in total. The lowest BCUT2D eigenvalue weighted by Crippen LogP contribution is -2.34. The number of hydrogen-bond acceptors (Lipinski definition) is 5. The monoisotopic (exact) mass is 325 g/mol. The molecule has 0 saturated carbocycles. The quantitative estimate of drug-likeness (QED) is 0.825. The van der Waals surface area contributed by atoms with Gasteiger partial charge < -0.3 is 14.8 Å². The van der Waals surface area contributed by atoms with Crippen LogP contribution in [0.4, 0.5) is 5.69 Å². The van der Waals surface area contributed by atoms with Gasteiger partial charge in [0.05, 0.1) is 11.3 Å². The largest absolute Gasteiger partial charge is 0.454 e. The number of anilines is 1. The Bertz CT molecular complexity index is 830. The molecule has 1 heterocycles. The number of carbonyl (C=O) groups is 1. The first-order chi connectivity index (χ1) is 11.2. The Balaban J connectivity index is 1.68. The van der Waals surface area contributed by atoms with Gasteiger partial charge in [0.25, 0.3) is 5.91 Å². The first-order valence-electron chi connectivity index (χ1n) is 6.68. The number of ether oxygens (including phenoxy) is 2. The van der Waals surface area contributed by atoms with Gasteiger partial charge in [-0.2, -0.15) is 5.26 Å². The van der Waals surface area contributed by atoms with Crippen LogP contribution in [0.25, 0.3) is 0 Å². The van der Waals surface area contributed by atoms with E-state index in [9.17, 15) is 4.79 Å². The number of carbonyl (C=O) groups excluding carboxylic acids is 1. The second-order valence-electron chi connectivity index (χ2n) is 4.63. The molecule has 2 N–H and O–H groups in total. The second kappa shape index (κ2) is 6.34. The van der Waals surface area contributed by atoms with E-state index in [1.54, 1.807) is 42.5 Å². The second-order valence-corrected chi connectivity index (χ2v) is 5.04. The highest BCUT2D eigenvalue weighted by Crippen LogP contribution is 2.32. The molecule has 2 aromatic carbocycles. The molecule has 7 heteroatoms. The molecular weight excluding hydrogens is 314 g/mol. The van der Waals surface area contributed by atoms with Crippen LogP contribution in [0.2, 0.25) is 0 Å². The fraction of sp³-hybridized carbons (Fsp3) is 0.0625. The van der Waals surface area contributed by atoms with Crippen LogP contribution in [-0.4, -0.2) is 17.8 Å². The summed E-state index contributed by atoms with van der Waals surface area (Å²) in [6.45, 7) is 0.144. The van der Waals surface area contributed by atoms with Crippen molar-refractivity contribution in [2.45, 2.75) is 0 Å². The number of nitrogens with zero attached hydrogens (tertiary/aromatic N) is 1. The SMILES string of the molecule is N#Cc1ccccc1NC(=S)NC(=O)c1ccc2c(c1)OCO2. The molecule has 0 bridgehead atoms. The van der Waals surface area contributed by atoms with Crippen LogP contribution < -0.4 is 20.1 Å². The van der Waals surface area contributed by atoms with Crippen LogP contribution in [0.3, 0.4) is 0 Å². The number of fused-ring (bicyclic) bond motifs is 1. The van der Waals surface area contributed by atoms with Crippen molar-refractivity contribution in [3.8, 4) is 17.6 Å². The number of para-hydroxylation sites is 1. The lowest BCUT2D eigenvalue weighted by molar-refractivity contribution is 0.0977. The Morgan fingerprint density at radius 1 is 1.17 bits per heavy atom. The molecule has 3 rings (SSSR count). The van der Waals surface area contributed by atoms with Crippen LogP contribution >= 0.6 is 12.2 Å². The fourth-order valence-electron chi connectivity index (χ4n) is 2.06. The molecule has 0 unspecified atom stereocenters. The van der Waals surface area contributed by atoms with E-state index < -0.39 is 0 Å². The first kappa shape index (κ1) is 14.8. The van der Waals surface area contributed by atoms with Gasteiger partial charge in [0, 0.05) is 5.56 Å². The average Bonchev–Trinajstić information content (AvgIpc) is 3.02. The van der Waals surface area contributed by atoms with E-state index in [4.69, 9.17) is 27.0 Å². The number of hydrogen-bond donors (Lipinski definition) is 2. The summed E-state index contributed by atoms with van der Waals surface area (Å²) < 4.78 is 10.4. The highest BCUT2D eigenvalue weighted by Gasteiger charge is 2.17. The van der Waals surface area contributed by atoms with Gasteiger partial charge in [-0.05, 0) is 42.5 Å². The minimum atomic E-state index is -0.379. The van der Waals surface area contributed by atoms with Crippen molar-refractivity contribution in [2.75, 3.05) is 12.1 Å². The van der Waals surface area contributed by atoms with E-state index in [2.05, 4.69) is 10.6 Å². The highest BCUT2D eigenvalue weighted by molar-refractivity contribution is 7.80. The number of thiocarbonyl (C=S) groups is 1. The summed E-state index contributed by atoms with van der Waals surface area (Å²) in [7, 11) is 0. The number of benzene rings is 2. The summed E-state index contributed by atoms with van der Waals surface area (Å²) in [4.78, 5) is 12.2. The molecule has 0 aromatic heterocycles. The Morgan fingerprint density at radius 2 is 1.96 bits per heavy atom. The maximum atomic E-state index is 12.2. The Hall–Kier alpha value is -3.11. The average molecular weight is 325 g/mol. The zero-order chi connectivity index (χ0) is 16.2. The van der Waals surface area contributed by atoms with Crippen molar-refractivity contribution in [3.63, 3.8) is 0 Å². The van der Waals surface area contributed by atoms with E-state index in [0.717, 1.165) is 0 Å². The molecule has 0 saturated heterocycles. The molecule has 0 radical (unpaired) electrons. The van der Waals surface area contributed by atoms with Gasteiger partial charge in [-0.3, -0.25) is 10.1 Å². The minimum Gasteiger partial charge on any atom is -0.454 e. The summed E-state index contributed by atoms with van der Waals surface area (Å²) in [6, 6.07) is 13.8. The maximum absolute atomic E-state index is 12.2. The summed E-state index contributed by atoms with van der Waals surface area (Å²) >= 11 is 5.11. The number of nitrogens with one attached hydrogen (secondary N) is 2. The van der Waals surface area contributed by atoms with Gasteiger partial charge in [0.15, 0.2) is 16.6 Å². The van der Waals surface area contributed by atoms with Crippen molar-refractivity contribution in [1.82, 2.24) is 5.32 Å². The molecule has 1 aliphatic heterocycles. The van der Waals surface area contributed by atoms with E-state index in [1.807, 2.05) is 6.07 Å². The van der Waals surface area contributed by atoms with Crippen molar-refractivity contribution >= 4 is 28.9 Å². The molecule has 23 heavy (non-hydrogen) atoms. The standard InChI is InChI=1S/C16H11N3O3S/c17-8-11-3-1-2-4-12(11)18-16(23)19-15(20)10-5-6-13-14(7-10)22-9-21-13/h1-7H,9H2,(H2,18,19,20,23). The number of amides is 1. The van der Waals surface area contributed by atoms with Crippen LogP contribution in [0.1, 0.15) is 15.9 Å². The predicted octanol–water partition coefficient (Wildman–Crippen LogP) is 2.41. The summed E-state index contributed by atoms with van der Waals surface area (Å²) in [5.41, 5.74) is 1.37. The molecule has 1 aliphatic rings. The van der Waals surface area contributed by atoms with E-state index in [0.29, 0.717) is 28.3 Å². The minimum absolute atomic E-state index is 0.107. The Morgan fingerprint density at radius 3 is 2.78 bits per heavy atom. The molecule has 2 aromatic rings. The maximum Gasteiger partial charge on any atom is 0.257 e. The first-order valence-corrected chi connectivity index (χ1v) is 7.09. The Labute approximate surface area is 137 Å². The Kier molecular flexibility index (Phi) is 4.08. The summed E-state index contributed by atoms with van der Waals surface area (Å²) in [6.07, 6.45) is 0. The van der Waals surface area contributed by atoms with Crippen LogP contribution in [0.15, 0.2) is 42.5 Å². The van der Waals surface area contributed by atoms with Crippen LogP contribution in [-0.2, 0) is 0 Å². The fourth-order valence-corrected chi connectivity index (χ4v) is 2.26. The topological polar surface area (TPSA) is 83.4 Å². The van der Waals surface area contributed by atoms with Gasteiger partial charge in [-0.25, -0.2) is 0 Å². The lowest BCUT2D eigenvalue weighted by Gasteiger charge is -2.10. The molecule has 0 fully saturated rings. The van der Waals surface area contributed by atoms with Crippen LogP contribution in [0, 0.1) is 11.3 Å². The summed E-state index contributed by atoms with van der Waals surface area (Å²) in [5.74, 6) is 0.742. The smallest absolute Gasteiger partial charge is 0.257 e. The highest BCUT2D eigenvalue weighted by atomic mass is 32.1. The van der Waals surface area contributed by atoms with Crippen molar-refractivity contribution < 1.29 is 14.3 Å². The third kappa shape index (κ3) is 3.22. The van der Waals surface area contributed by atoms with Gasteiger partial charge in [-0.1, -0.05) is 12.1 Å². The molecule has 114 valence electrons.